The molecule has 4 heteroatoms. The summed E-state index contributed by atoms with van der Waals surface area (Å²) < 4.78 is 0. The van der Waals surface area contributed by atoms with Crippen molar-refractivity contribution in [1.29, 1.82) is 0 Å². The highest BCUT2D eigenvalue weighted by atomic mass is 16.3. The summed E-state index contributed by atoms with van der Waals surface area (Å²) >= 11 is 0. The summed E-state index contributed by atoms with van der Waals surface area (Å²) in [5, 5.41) is 11.9. The number of phenolic OH excluding ortho intramolecular Hbond substituents is 1. The molecule has 0 unspecified atom stereocenters. The smallest absolute Gasteiger partial charge is 0.116 e. The number of aromatic hydroxyl groups is 1. The number of rotatable bonds is 4. The third-order valence-corrected chi connectivity index (χ3v) is 7.33. The van der Waals surface area contributed by atoms with Gasteiger partial charge in [0.05, 0.1) is 11.4 Å². The molecule has 0 saturated carbocycles. The van der Waals surface area contributed by atoms with E-state index in [0.29, 0.717) is 0 Å². The van der Waals surface area contributed by atoms with Gasteiger partial charge in [0.15, 0.2) is 0 Å². The van der Waals surface area contributed by atoms with Crippen molar-refractivity contribution in [3.05, 3.63) is 132 Å². The van der Waals surface area contributed by atoms with Crippen molar-refractivity contribution in [3.8, 4) is 16.9 Å². The molecule has 0 aliphatic carbocycles. The number of hydrogen-bond acceptors (Lipinski definition) is 4. The van der Waals surface area contributed by atoms with Crippen LogP contribution in [-0.2, 0) is 5.41 Å². The van der Waals surface area contributed by atoms with Crippen LogP contribution < -0.4 is 15.8 Å². The van der Waals surface area contributed by atoms with E-state index in [1.54, 1.807) is 11.1 Å². The molecular formula is C33H29N3O. The molecule has 1 aliphatic rings. The van der Waals surface area contributed by atoms with Crippen LogP contribution in [0.15, 0.2) is 121 Å². The molecule has 3 N–H and O–H groups in total. The summed E-state index contributed by atoms with van der Waals surface area (Å²) in [6.45, 7) is 4.36. The van der Waals surface area contributed by atoms with Gasteiger partial charge in [0.2, 0.25) is 0 Å². The van der Waals surface area contributed by atoms with Crippen molar-refractivity contribution in [3.63, 3.8) is 0 Å². The van der Waals surface area contributed by atoms with Crippen molar-refractivity contribution in [2.24, 2.45) is 5.84 Å². The molecule has 37 heavy (non-hydrogen) atoms. The molecule has 0 atom stereocenters. The van der Waals surface area contributed by atoms with Crippen molar-refractivity contribution >= 4 is 28.4 Å². The fourth-order valence-corrected chi connectivity index (χ4v) is 5.34. The Labute approximate surface area is 217 Å². The van der Waals surface area contributed by atoms with Gasteiger partial charge < -0.3 is 10.0 Å². The number of anilines is 5. The number of hydrazine groups is 1. The maximum atomic E-state index is 10.2. The molecule has 4 nitrogen and oxygen atoms in total. The first kappa shape index (κ1) is 22.9. The Morgan fingerprint density at radius 2 is 1.08 bits per heavy atom. The van der Waals surface area contributed by atoms with Crippen LogP contribution in [0.4, 0.5) is 28.4 Å². The Hall–Kier alpha value is -4.54. The average molecular weight is 484 g/mol. The fraction of sp³-hybridized carbons (Fsp3) is 0.0909. The molecule has 0 spiro atoms. The molecule has 6 rings (SSSR count). The van der Waals surface area contributed by atoms with Gasteiger partial charge in [-0.15, -0.1) is 0 Å². The Kier molecular flexibility index (Phi) is 5.47. The van der Waals surface area contributed by atoms with Crippen LogP contribution >= 0.6 is 0 Å². The highest BCUT2D eigenvalue weighted by Gasteiger charge is 2.36. The lowest BCUT2D eigenvalue weighted by Gasteiger charge is -2.40. The molecule has 0 radical (unpaired) electrons. The second-order valence-electron chi connectivity index (χ2n) is 9.98. The molecule has 0 amide bonds. The summed E-state index contributed by atoms with van der Waals surface area (Å²) in [6, 6.07) is 41.3. The molecule has 0 bridgehead atoms. The van der Waals surface area contributed by atoms with Crippen LogP contribution in [0.3, 0.4) is 0 Å². The van der Waals surface area contributed by atoms with E-state index in [4.69, 9.17) is 5.84 Å². The zero-order valence-corrected chi connectivity index (χ0v) is 21.0. The number of nitrogens with zero attached hydrogens (tertiary/aromatic N) is 2. The zero-order chi connectivity index (χ0) is 25.6. The van der Waals surface area contributed by atoms with Crippen LogP contribution in [0.2, 0.25) is 0 Å². The van der Waals surface area contributed by atoms with E-state index >= 15 is 0 Å². The van der Waals surface area contributed by atoms with Crippen molar-refractivity contribution < 1.29 is 5.11 Å². The topological polar surface area (TPSA) is 52.7 Å². The highest BCUT2D eigenvalue weighted by molar-refractivity contribution is 5.82. The largest absolute Gasteiger partial charge is 0.508 e. The number of phenols is 1. The van der Waals surface area contributed by atoms with Gasteiger partial charge in [0, 0.05) is 22.5 Å². The second kappa shape index (κ2) is 8.84. The third-order valence-electron chi connectivity index (χ3n) is 7.33. The average Bonchev–Trinajstić information content (AvgIpc) is 2.93. The van der Waals surface area contributed by atoms with Gasteiger partial charge in [0.1, 0.15) is 5.75 Å². The maximum absolute atomic E-state index is 10.2. The van der Waals surface area contributed by atoms with E-state index in [0.717, 1.165) is 50.7 Å². The van der Waals surface area contributed by atoms with E-state index in [2.05, 4.69) is 110 Å². The Morgan fingerprint density at radius 1 is 0.595 bits per heavy atom. The minimum Gasteiger partial charge on any atom is -0.508 e. The lowest BCUT2D eigenvalue weighted by Crippen LogP contribution is -2.36. The SMILES string of the molecule is CC1(C)c2cc(O)ccc2N(N)c2ccc(-c3ccc(N(c4ccccc4)c4ccccc4)cc3)cc21. The van der Waals surface area contributed by atoms with Crippen LogP contribution in [0.25, 0.3) is 11.1 Å². The molecule has 1 heterocycles. The summed E-state index contributed by atoms with van der Waals surface area (Å²) in [5.74, 6) is 6.77. The number of fused-ring (bicyclic) bond motifs is 2. The number of benzene rings is 5. The molecule has 5 aromatic carbocycles. The molecule has 0 saturated heterocycles. The van der Waals surface area contributed by atoms with Gasteiger partial charge in [-0.3, -0.25) is 5.01 Å². The van der Waals surface area contributed by atoms with Gasteiger partial charge in [-0.25, -0.2) is 5.84 Å². The molecule has 5 aromatic rings. The van der Waals surface area contributed by atoms with Gasteiger partial charge >= 0.3 is 0 Å². The lowest BCUT2D eigenvalue weighted by molar-refractivity contribution is 0.472. The van der Waals surface area contributed by atoms with Gasteiger partial charge in [-0.1, -0.05) is 68.4 Å². The molecule has 0 fully saturated rings. The summed E-state index contributed by atoms with van der Waals surface area (Å²) in [6.07, 6.45) is 0. The summed E-state index contributed by atoms with van der Waals surface area (Å²) in [4.78, 5) is 2.26. The Balaban J connectivity index is 1.39. The number of hydrogen-bond donors (Lipinski definition) is 2. The first-order chi connectivity index (χ1) is 17.9. The van der Waals surface area contributed by atoms with Gasteiger partial charge in [-0.05, 0) is 89.0 Å². The van der Waals surface area contributed by atoms with E-state index in [1.807, 2.05) is 24.3 Å². The van der Waals surface area contributed by atoms with Crippen molar-refractivity contribution in [2.45, 2.75) is 19.3 Å². The first-order valence-corrected chi connectivity index (χ1v) is 12.5. The molecule has 1 aliphatic heterocycles. The van der Waals surface area contributed by atoms with Crippen LogP contribution in [0, 0.1) is 0 Å². The van der Waals surface area contributed by atoms with E-state index in [1.165, 1.54) is 0 Å². The number of nitrogens with two attached hydrogens (primary N) is 1. The maximum Gasteiger partial charge on any atom is 0.116 e. The molecule has 182 valence electrons. The first-order valence-electron chi connectivity index (χ1n) is 12.5. The fourth-order valence-electron chi connectivity index (χ4n) is 5.34. The van der Waals surface area contributed by atoms with E-state index in [-0.39, 0.29) is 11.2 Å². The minimum absolute atomic E-state index is 0.247. The monoisotopic (exact) mass is 483 g/mol. The minimum atomic E-state index is -0.313. The number of para-hydroxylation sites is 2. The Bertz CT molecular complexity index is 1520. The van der Waals surface area contributed by atoms with Crippen LogP contribution in [-0.4, -0.2) is 5.11 Å². The van der Waals surface area contributed by atoms with Gasteiger partial charge in [0.25, 0.3) is 0 Å². The van der Waals surface area contributed by atoms with Crippen LogP contribution in [0.1, 0.15) is 25.0 Å². The molecule has 0 aromatic heterocycles. The summed E-state index contributed by atoms with van der Waals surface area (Å²) in [5.41, 5.74) is 9.29. The van der Waals surface area contributed by atoms with Crippen molar-refractivity contribution in [1.82, 2.24) is 0 Å². The third kappa shape index (κ3) is 3.92. The van der Waals surface area contributed by atoms with Crippen molar-refractivity contribution in [2.75, 3.05) is 9.91 Å². The lowest BCUT2D eigenvalue weighted by atomic mass is 9.73. The van der Waals surface area contributed by atoms with E-state index in [9.17, 15) is 5.11 Å². The summed E-state index contributed by atoms with van der Waals surface area (Å²) in [7, 11) is 0. The van der Waals surface area contributed by atoms with Gasteiger partial charge in [-0.2, -0.15) is 0 Å². The molecular weight excluding hydrogens is 454 g/mol. The normalized spacial score (nSPS) is 13.5. The quantitative estimate of drug-likeness (QED) is 0.253. The van der Waals surface area contributed by atoms with Crippen LogP contribution in [0.5, 0.6) is 5.75 Å². The second-order valence-corrected chi connectivity index (χ2v) is 9.98. The predicted molar refractivity (Wildman–Crippen MR) is 153 cm³/mol. The standard InChI is InChI=1S/C33H29N3O/c1-33(2)29-21-24(15-19-31(29)36(34)32-20-18-28(37)22-30(32)33)23-13-16-27(17-14-23)35(25-9-5-3-6-10-25)26-11-7-4-8-12-26/h3-22,37H,34H2,1-2H3. The highest BCUT2D eigenvalue weighted by Crippen LogP contribution is 2.49. The predicted octanol–water partition coefficient (Wildman–Crippen LogP) is 8.18. The van der Waals surface area contributed by atoms with E-state index < -0.39 is 0 Å². The zero-order valence-electron chi connectivity index (χ0n) is 21.0. The Morgan fingerprint density at radius 3 is 1.68 bits per heavy atom.